The summed E-state index contributed by atoms with van der Waals surface area (Å²) in [7, 11) is 0. The maximum atomic E-state index is 11.9. The molecule has 0 saturated carbocycles. The van der Waals surface area contributed by atoms with E-state index in [1.54, 1.807) is 13.8 Å². The van der Waals surface area contributed by atoms with Crippen LogP contribution in [0.2, 0.25) is 0 Å². The molecule has 0 aromatic rings. The van der Waals surface area contributed by atoms with E-state index in [4.69, 9.17) is 4.74 Å². The average Bonchev–Trinajstić information content (AvgIpc) is 2.41. The summed E-state index contributed by atoms with van der Waals surface area (Å²) in [6, 6.07) is -0.658. The van der Waals surface area contributed by atoms with Gasteiger partial charge in [0.25, 0.3) is 5.91 Å². The first-order valence-corrected chi connectivity index (χ1v) is 7.44. The Hall–Kier alpha value is -1.47. The molecule has 22 heavy (non-hydrogen) atoms. The number of hydrogen-bond acceptors (Lipinski definition) is 6. The monoisotopic (exact) mass is 317 g/mol. The van der Waals surface area contributed by atoms with Crippen molar-refractivity contribution in [3.8, 4) is 0 Å². The van der Waals surface area contributed by atoms with Crippen molar-refractivity contribution < 1.29 is 29.3 Å². The molecule has 4 unspecified atom stereocenters. The Morgan fingerprint density at radius 1 is 1.09 bits per heavy atom. The highest BCUT2D eigenvalue weighted by atomic mass is 16.6. The zero-order valence-corrected chi connectivity index (χ0v) is 13.9. The third-order valence-electron chi connectivity index (χ3n) is 3.47. The number of nitrogens with zero attached hydrogens (tertiary/aromatic N) is 1. The number of carbonyl (C=O) groups is 3. The Bertz CT molecular complexity index is 393. The lowest BCUT2D eigenvalue weighted by molar-refractivity contribution is -0.153. The van der Waals surface area contributed by atoms with Gasteiger partial charge in [-0.2, -0.15) is 0 Å². The summed E-state index contributed by atoms with van der Waals surface area (Å²) < 4.78 is 5.00. The van der Waals surface area contributed by atoms with Crippen LogP contribution in [0.25, 0.3) is 0 Å². The van der Waals surface area contributed by atoms with Gasteiger partial charge in [0.15, 0.2) is 5.78 Å². The van der Waals surface area contributed by atoms with Crippen LogP contribution in [0, 0.1) is 0 Å². The van der Waals surface area contributed by atoms with E-state index in [0.29, 0.717) is 6.42 Å². The Kier molecular flexibility index (Phi) is 8.89. The zero-order chi connectivity index (χ0) is 17.4. The van der Waals surface area contributed by atoms with Gasteiger partial charge in [0.05, 0.1) is 12.1 Å². The molecule has 2 N–H and O–H groups in total. The second-order valence-electron chi connectivity index (χ2n) is 5.53. The first-order valence-electron chi connectivity index (χ1n) is 7.44. The molecule has 128 valence electrons. The van der Waals surface area contributed by atoms with Crippen LogP contribution in [0.1, 0.15) is 47.5 Å². The largest absolute Gasteiger partial charge is 0.460 e. The van der Waals surface area contributed by atoms with Crippen LogP contribution in [-0.2, 0) is 19.1 Å². The standard InChI is InChI=1S/C15H27NO6/c1-9(10(2)17)16(15(21)12(4)19)8-6-7-14(20)22-13(5)11(3)18/h9,11-13,18-19H,6-8H2,1-5H3. The molecular formula is C15H27NO6. The Labute approximate surface area is 131 Å². The van der Waals surface area contributed by atoms with Crippen molar-refractivity contribution in [1.82, 2.24) is 4.90 Å². The van der Waals surface area contributed by atoms with Gasteiger partial charge in [0.1, 0.15) is 12.2 Å². The summed E-state index contributed by atoms with van der Waals surface area (Å²) in [6.07, 6.45) is -2.19. The van der Waals surface area contributed by atoms with Gasteiger partial charge in [-0.1, -0.05) is 0 Å². The molecule has 4 atom stereocenters. The number of carbonyl (C=O) groups excluding carboxylic acids is 3. The molecule has 0 aliphatic carbocycles. The molecule has 0 aliphatic heterocycles. The predicted octanol–water partition coefficient (Wildman–Crippen LogP) is 0.266. The maximum absolute atomic E-state index is 11.9. The predicted molar refractivity (Wildman–Crippen MR) is 80.0 cm³/mol. The van der Waals surface area contributed by atoms with Crippen LogP contribution in [-0.4, -0.2) is 63.7 Å². The second-order valence-corrected chi connectivity index (χ2v) is 5.53. The van der Waals surface area contributed by atoms with E-state index in [2.05, 4.69) is 0 Å². The summed E-state index contributed by atoms with van der Waals surface area (Å²) in [5.74, 6) is -1.22. The molecule has 7 nitrogen and oxygen atoms in total. The van der Waals surface area contributed by atoms with E-state index in [1.807, 2.05) is 0 Å². The smallest absolute Gasteiger partial charge is 0.306 e. The minimum atomic E-state index is -1.20. The number of aliphatic hydroxyl groups is 2. The fourth-order valence-electron chi connectivity index (χ4n) is 1.71. The Balaban J connectivity index is 4.50. The quantitative estimate of drug-likeness (QED) is 0.591. The second kappa shape index (κ2) is 9.53. The molecule has 0 bridgehead atoms. The van der Waals surface area contributed by atoms with Crippen molar-refractivity contribution in [2.75, 3.05) is 6.54 Å². The van der Waals surface area contributed by atoms with Crippen LogP contribution in [0.4, 0.5) is 0 Å². The van der Waals surface area contributed by atoms with Crippen LogP contribution >= 0.6 is 0 Å². The summed E-state index contributed by atoms with van der Waals surface area (Å²) in [5.41, 5.74) is 0. The maximum Gasteiger partial charge on any atom is 0.306 e. The number of aliphatic hydroxyl groups excluding tert-OH is 2. The van der Waals surface area contributed by atoms with Gasteiger partial charge in [0.2, 0.25) is 0 Å². The third-order valence-corrected chi connectivity index (χ3v) is 3.47. The van der Waals surface area contributed by atoms with Gasteiger partial charge in [-0.15, -0.1) is 0 Å². The van der Waals surface area contributed by atoms with Crippen molar-refractivity contribution in [3.63, 3.8) is 0 Å². The zero-order valence-electron chi connectivity index (χ0n) is 13.9. The molecule has 0 saturated heterocycles. The highest BCUT2D eigenvalue weighted by Gasteiger charge is 2.26. The van der Waals surface area contributed by atoms with Crippen LogP contribution in [0.15, 0.2) is 0 Å². The molecule has 7 heteroatoms. The fourth-order valence-corrected chi connectivity index (χ4v) is 1.71. The van der Waals surface area contributed by atoms with E-state index < -0.39 is 36.2 Å². The number of Topliss-reactive ketones (excluding diaryl/α,β-unsaturated/α-hetero) is 1. The van der Waals surface area contributed by atoms with Crippen molar-refractivity contribution in [1.29, 1.82) is 0 Å². The minimum absolute atomic E-state index is 0.0608. The molecule has 0 radical (unpaired) electrons. The number of esters is 1. The topological polar surface area (TPSA) is 104 Å². The van der Waals surface area contributed by atoms with E-state index in [0.717, 1.165) is 0 Å². The molecule has 0 fully saturated rings. The number of rotatable bonds is 9. The lowest BCUT2D eigenvalue weighted by atomic mass is 10.1. The third kappa shape index (κ3) is 7.00. The summed E-state index contributed by atoms with van der Waals surface area (Å²) in [5, 5.41) is 18.6. The minimum Gasteiger partial charge on any atom is -0.460 e. The normalized spacial score (nSPS) is 16.3. The van der Waals surface area contributed by atoms with Crippen LogP contribution in [0.5, 0.6) is 0 Å². The van der Waals surface area contributed by atoms with E-state index in [1.165, 1.54) is 25.7 Å². The molecule has 1 amide bonds. The van der Waals surface area contributed by atoms with Crippen LogP contribution in [0.3, 0.4) is 0 Å². The highest BCUT2D eigenvalue weighted by Crippen LogP contribution is 2.08. The van der Waals surface area contributed by atoms with Crippen molar-refractivity contribution in [2.24, 2.45) is 0 Å². The van der Waals surface area contributed by atoms with Crippen molar-refractivity contribution in [2.45, 2.75) is 71.8 Å². The average molecular weight is 317 g/mol. The van der Waals surface area contributed by atoms with Gasteiger partial charge in [-0.25, -0.2) is 0 Å². The molecule has 0 aromatic heterocycles. The first kappa shape index (κ1) is 20.5. The lowest BCUT2D eigenvalue weighted by Crippen LogP contribution is -2.47. The van der Waals surface area contributed by atoms with E-state index in [9.17, 15) is 24.6 Å². The van der Waals surface area contributed by atoms with Gasteiger partial charge in [0, 0.05) is 13.0 Å². The molecule has 0 aromatic carbocycles. The molecule has 0 spiro atoms. The number of amides is 1. The number of ketones is 1. The molecule has 0 rings (SSSR count). The highest BCUT2D eigenvalue weighted by molar-refractivity contribution is 5.88. The summed E-state index contributed by atoms with van der Waals surface area (Å²) in [4.78, 5) is 36.2. The van der Waals surface area contributed by atoms with Gasteiger partial charge in [-0.3, -0.25) is 14.4 Å². The van der Waals surface area contributed by atoms with Crippen LogP contribution < -0.4 is 0 Å². The van der Waals surface area contributed by atoms with E-state index in [-0.39, 0.29) is 18.7 Å². The number of hydrogen-bond donors (Lipinski definition) is 2. The van der Waals surface area contributed by atoms with E-state index >= 15 is 0 Å². The Morgan fingerprint density at radius 2 is 1.64 bits per heavy atom. The fraction of sp³-hybridized carbons (Fsp3) is 0.800. The lowest BCUT2D eigenvalue weighted by Gasteiger charge is -2.28. The van der Waals surface area contributed by atoms with Crippen molar-refractivity contribution >= 4 is 17.7 Å². The summed E-state index contributed by atoms with van der Waals surface area (Å²) in [6.45, 7) is 7.56. The summed E-state index contributed by atoms with van der Waals surface area (Å²) >= 11 is 0. The number of ether oxygens (including phenoxy) is 1. The SMILES string of the molecule is CC(=O)C(C)N(CCCC(=O)OC(C)C(C)O)C(=O)C(C)O. The first-order chi connectivity index (χ1) is 10.1. The molecular weight excluding hydrogens is 290 g/mol. The Morgan fingerprint density at radius 3 is 2.05 bits per heavy atom. The molecule has 0 heterocycles. The van der Waals surface area contributed by atoms with Gasteiger partial charge >= 0.3 is 5.97 Å². The van der Waals surface area contributed by atoms with Crippen molar-refractivity contribution in [3.05, 3.63) is 0 Å². The molecule has 0 aliphatic rings. The van der Waals surface area contributed by atoms with Gasteiger partial charge < -0.3 is 19.8 Å². The van der Waals surface area contributed by atoms with Gasteiger partial charge in [-0.05, 0) is 41.0 Å².